The Morgan fingerprint density at radius 1 is 0.903 bits per heavy atom. The van der Waals surface area contributed by atoms with E-state index in [2.05, 4.69) is 10.2 Å². The van der Waals surface area contributed by atoms with Crippen LogP contribution in [0.4, 0.5) is 5.69 Å². The number of hydrogen-bond acceptors (Lipinski definition) is 3. The highest BCUT2D eigenvalue weighted by molar-refractivity contribution is 6.30. The number of hydrogen-bond donors (Lipinski definition) is 1. The zero-order valence-corrected chi connectivity index (χ0v) is 18.6. The van der Waals surface area contributed by atoms with Crippen molar-refractivity contribution in [2.75, 3.05) is 31.5 Å². The second kappa shape index (κ2) is 10.3. The Morgan fingerprint density at radius 2 is 1.58 bits per heavy atom. The third-order valence-corrected chi connectivity index (χ3v) is 6.48. The molecule has 2 aliphatic heterocycles. The van der Waals surface area contributed by atoms with Crippen LogP contribution < -0.4 is 5.32 Å². The Morgan fingerprint density at radius 3 is 2.29 bits per heavy atom. The van der Waals surface area contributed by atoms with Gasteiger partial charge in [-0.1, -0.05) is 35.9 Å². The summed E-state index contributed by atoms with van der Waals surface area (Å²) in [6, 6.07) is 15.6. The molecular weight excluding hydrogens is 410 g/mol. The van der Waals surface area contributed by atoms with Gasteiger partial charge in [0.2, 0.25) is 11.8 Å². The number of likely N-dealkylation sites (tertiary alicyclic amines) is 2. The quantitative estimate of drug-likeness (QED) is 0.727. The maximum absolute atomic E-state index is 12.8. The van der Waals surface area contributed by atoms with Crippen molar-refractivity contribution >= 4 is 29.1 Å². The first-order valence-corrected chi connectivity index (χ1v) is 11.6. The van der Waals surface area contributed by atoms with E-state index in [9.17, 15) is 9.59 Å². The molecule has 164 valence electrons. The first kappa shape index (κ1) is 21.8. The lowest BCUT2D eigenvalue weighted by molar-refractivity contribution is -0.129. The number of amides is 2. The summed E-state index contributed by atoms with van der Waals surface area (Å²) in [5.41, 5.74) is 2.99. The average molecular weight is 440 g/mol. The van der Waals surface area contributed by atoms with Gasteiger partial charge in [0.15, 0.2) is 0 Å². The Kier molecular flexibility index (Phi) is 7.25. The van der Waals surface area contributed by atoms with E-state index < -0.39 is 0 Å². The van der Waals surface area contributed by atoms with Crippen LogP contribution in [0, 0.1) is 5.92 Å². The second-order valence-electron chi connectivity index (χ2n) is 8.65. The van der Waals surface area contributed by atoms with Crippen LogP contribution in [0.25, 0.3) is 0 Å². The van der Waals surface area contributed by atoms with Crippen LogP contribution in [0.15, 0.2) is 48.5 Å². The van der Waals surface area contributed by atoms with Gasteiger partial charge in [0.25, 0.3) is 0 Å². The van der Waals surface area contributed by atoms with Crippen LogP contribution in [0.1, 0.15) is 36.8 Å². The average Bonchev–Trinajstić information content (AvgIpc) is 3.32. The lowest BCUT2D eigenvalue weighted by atomic mass is 9.96. The normalized spacial score (nSPS) is 19.4. The summed E-state index contributed by atoms with van der Waals surface area (Å²) in [4.78, 5) is 29.4. The van der Waals surface area contributed by atoms with Crippen LogP contribution in [-0.4, -0.2) is 47.8 Å². The molecule has 1 atom stereocenters. The lowest BCUT2D eigenvalue weighted by Gasteiger charge is -2.32. The van der Waals surface area contributed by atoms with Gasteiger partial charge in [-0.25, -0.2) is 0 Å². The second-order valence-corrected chi connectivity index (χ2v) is 9.09. The number of carbonyl (C=O) groups is 2. The van der Waals surface area contributed by atoms with Gasteiger partial charge >= 0.3 is 0 Å². The molecule has 2 heterocycles. The molecule has 0 aliphatic carbocycles. The monoisotopic (exact) mass is 439 g/mol. The lowest BCUT2D eigenvalue weighted by Crippen LogP contribution is -2.40. The maximum Gasteiger partial charge on any atom is 0.228 e. The van der Waals surface area contributed by atoms with E-state index in [4.69, 9.17) is 11.6 Å². The van der Waals surface area contributed by atoms with Crippen LogP contribution in [0.2, 0.25) is 5.02 Å². The van der Waals surface area contributed by atoms with Gasteiger partial charge in [0.05, 0.1) is 12.3 Å². The summed E-state index contributed by atoms with van der Waals surface area (Å²) in [5.74, 6) is 0.247. The number of carbonyl (C=O) groups excluding carboxylic acids is 2. The van der Waals surface area contributed by atoms with Crippen LogP contribution in [0.5, 0.6) is 0 Å². The van der Waals surface area contributed by atoms with Gasteiger partial charge in [-0.2, -0.15) is 0 Å². The number of benzene rings is 2. The molecule has 2 saturated heterocycles. The number of nitrogens with zero attached hydrogens (tertiary/aromatic N) is 2. The van der Waals surface area contributed by atoms with Crippen molar-refractivity contribution in [3.8, 4) is 0 Å². The Labute approximate surface area is 189 Å². The minimum atomic E-state index is -0.0162. The van der Waals surface area contributed by atoms with Gasteiger partial charge < -0.3 is 10.2 Å². The van der Waals surface area contributed by atoms with Crippen molar-refractivity contribution in [1.29, 1.82) is 0 Å². The third-order valence-electron chi connectivity index (χ3n) is 6.23. The van der Waals surface area contributed by atoms with Crippen LogP contribution in [0.3, 0.4) is 0 Å². The highest BCUT2D eigenvalue weighted by atomic mass is 35.5. The molecule has 0 bridgehead atoms. The van der Waals surface area contributed by atoms with Crippen molar-refractivity contribution in [3.05, 3.63) is 64.7 Å². The van der Waals surface area contributed by atoms with Crippen LogP contribution in [-0.2, 0) is 22.6 Å². The van der Waals surface area contributed by atoms with Crippen molar-refractivity contribution < 1.29 is 9.59 Å². The molecular formula is C25H30ClN3O2. The molecule has 2 aromatic carbocycles. The molecule has 2 aromatic rings. The fourth-order valence-corrected chi connectivity index (χ4v) is 4.59. The van der Waals surface area contributed by atoms with E-state index in [1.165, 1.54) is 5.56 Å². The molecule has 0 saturated carbocycles. The summed E-state index contributed by atoms with van der Waals surface area (Å²) in [6.45, 7) is 4.36. The fraction of sp³-hybridized carbons (Fsp3) is 0.440. The largest absolute Gasteiger partial charge is 0.342 e. The molecule has 5 nitrogen and oxygen atoms in total. The first-order valence-electron chi connectivity index (χ1n) is 11.2. The van der Waals surface area contributed by atoms with E-state index in [-0.39, 0.29) is 17.7 Å². The maximum atomic E-state index is 12.8. The molecule has 2 aliphatic rings. The third kappa shape index (κ3) is 6.08. The molecule has 1 N–H and O–H groups in total. The number of halogens is 1. The minimum Gasteiger partial charge on any atom is -0.342 e. The molecule has 6 heteroatoms. The zero-order chi connectivity index (χ0) is 21.6. The summed E-state index contributed by atoms with van der Waals surface area (Å²) in [6.07, 6.45) is 4.56. The number of piperidine rings is 1. The van der Waals surface area contributed by atoms with Gasteiger partial charge in [0, 0.05) is 36.9 Å². The van der Waals surface area contributed by atoms with E-state index in [0.29, 0.717) is 6.42 Å². The number of rotatable bonds is 6. The molecule has 2 fully saturated rings. The Hall–Kier alpha value is -2.37. The first-order chi connectivity index (χ1) is 15.1. The topological polar surface area (TPSA) is 52.7 Å². The van der Waals surface area contributed by atoms with E-state index in [0.717, 1.165) is 74.7 Å². The van der Waals surface area contributed by atoms with Crippen LogP contribution >= 0.6 is 11.6 Å². The standard InChI is InChI=1S/C25H30ClN3O2/c26-22-9-5-20(6-10-22)17-28-13-3-4-21(18-28)25(31)27-23-11-7-19(8-12-23)16-24(30)29-14-1-2-15-29/h5-12,21H,1-4,13-18H2,(H,27,31)/t21-/m0/s1. The minimum absolute atomic E-state index is 0.0162. The molecule has 31 heavy (non-hydrogen) atoms. The predicted octanol–water partition coefficient (Wildman–Crippen LogP) is 4.36. The molecule has 0 unspecified atom stereocenters. The fourth-order valence-electron chi connectivity index (χ4n) is 4.46. The number of anilines is 1. The molecule has 0 spiro atoms. The van der Waals surface area contributed by atoms with Gasteiger partial charge in [-0.15, -0.1) is 0 Å². The highest BCUT2D eigenvalue weighted by Gasteiger charge is 2.26. The van der Waals surface area contributed by atoms with Gasteiger partial charge in [-0.05, 0) is 67.6 Å². The Balaban J connectivity index is 1.28. The smallest absolute Gasteiger partial charge is 0.228 e. The molecule has 0 radical (unpaired) electrons. The molecule has 0 aromatic heterocycles. The SMILES string of the molecule is O=C(Nc1ccc(CC(=O)N2CCCC2)cc1)[C@H]1CCCN(Cc2ccc(Cl)cc2)C1. The zero-order valence-electron chi connectivity index (χ0n) is 17.9. The van der Waals surface area contributed by atoms with Crippen molar-refractivity contribution in [1.82, 2.24) is 9.80 Å². The van der Waals surface area contributed by atoms with Gasteiger partial charge in [-0.3, -0.25) is 14.5 Å². The summed E-state index contributed by atoms with van der Waals surface area (Å²) < 4.78 is 0. The Bertz CT molecular complexity index is 892. The van der Waals surface area contributed by atoms with E-state index >= 15 is 0 Å². The highest BCUT2D eigenvalue weighted by Crippen LogP contribution is 2.22. The summed E-state index contributed by atoms with van der Waals surface area (Å²) in [7, 11) is 0. The number of nitrogens with one attached hydrogen (secondary N) is 1. The summed E-state index contributed by atoms with van der Waals surface area (Å²) in [5, 5.41) is 3.80. The van der Waals surface area contributed by atoms with Crippen molar-refractivity contribution in [2.45, 2.75) is 38.6 Å². The summed E-state index contributed by atoms with van der Waals surface area (Å²) >= 11 is 5.97. The van der Waals surface area contributed by atoms with E-state index in [1.54, 1.807) is 0 Å². The van der Waals surface area contributed by atoms with Gasteiger partial charge in [0.1, 0.15) is 0 Å². The molecule has 2 amide bonds. The predicted molar refractivity (Wildman–Crippen MR) is 124 cm³/mol. The van der Waals surface area contributed by atoms with Crippen molar-refractivity contribution in [3.63, 3.8) is 0 Å². The van der Waals surface area contributed by atoms with Crippen molar-refractivity contribution in [2.24, 2.45) is 5.92 Å². The molecule has 4 rings (SSSR count). The van der Waals surface area contributed by atoms with E-state index in [1.807, 2.05) is 53.4 Å².